The summed E-state index contributed by atoms with van der Waals surface area (Å²) in [5.74, 6) is -2.18. The molecule has 0 aliphatic carbocycles. The van der Waals surface area contributed by atoms with Crippen molar-refractivity contribution < 1.29 is 22.7 Å². The zero-order valence-electron chi connectivity index (χ0n) is 8.20. The highest BCUT2D eigenvalue weighted by molar-refractivity contribution is 5.75. The Kier molecular flexibility index (Phi) is 4.10. The van der Waals surface area contributed by atoms with Crippen LogP contribution in [0.5, 0.6) is 0 Å². The van der Waals surface area contributed by atoms with Gasteiger partial charge in [0.1, 0.15) is 6.61 Å². The molecule has 2 nitrogen and oxygen atoms in total. The van der Waals surface area contributed by atoms with E-state index >= 15 is 0 Å². The van der Waals surface area contributed by atoms with Crippen molar-refractivity contribution in [1.29, 1.82) is 0 Å². The molecule has 0 aromatic heterocycles. The maximum atomic E-state index is 11.7. The summed E-state index contributed by atoms with van der Waals surface area (Å²) in [6.07, 6.45) is -2.01. The quantitative estimate of drug-likeness (QED) is 0.746. The molecule has 16 heavy (non-hydrogen) atoms. The third kappa shape index (κ3) is 4.16. The van der Waals surface area contributed by atoms with Gasteiger partial charge in [0.15, 0.2) is 0 Å². The number of carbonyl (C=O) groups is 1. The van der Waals surface area contributed by atoms with Crippen molar-refractivity contribution in [2.75, 3.05) is 6.61 Å². The van der Waals surface area contributed by atoms with Crippen LogP contribution in [0.1, 0.15) is 5.56 Å². The lowest BCUT2D eigenvalue weighted by molar-refractivity contribution is -0.198. The fourth-order valence-electron chi connectivity index (χ4n) is 0.954. The van der Waals surface area contributed by atoms with Gasteiger partial charge in [0, 0.05) is 0 Å². The van der Waals surface area contributed by atoms with Crippen molar-refractivity contribution in [2.24, 2.45) is 0 Å². The van der Waals surface area contributed by atoms with Gasteiger partial charge in [-0.2, -0.15) is 13.2 Å². The second-order valence-corrected chi connectivity index (χ2v) is 2.91. The summed E-state index contributed by atoms with van der Waals surface area (Å²) < 4.78 is 39.1. The van der Waals surface area contributed by atoms with Gasteiger partial charge in [0.05, 0.1) is 0 Å². The second kappa shape index (κ2) is 5.34. The van der Waals surface area contributed by atoms with Crippen molar-refractivity contribution in [3.05, 3.63) is 42.0 Å². The third-order valence-electron chi connectivity index (χ3n) is 1.65. The van der Waals surface area contributed by atoms with E-state index in [1.165, 1.54) is 6.08 Å². The minimum Gasteiger partial charge on any atom is -0.455 e. The van der Waals surface area contributed by atoms with Crippen LogP contribution in [0.15, 0.2) is 36.4 Å². The molecular weight excluding hydrogens is 221 g/mol. The smallest absolute Gasteiger partial charge is 0.455 e. The highest BCUT2D eigenvalue weighted by atomic mass is 19.4. The average Bonchev–Trinajstić information content (AvgIpc) is 2.24. The number of halogens is 3. The molecule has 5 heteroatoms. The Bertz CT molecular complexity index is 369. The topological polar surface area (TPSA) is 26.3 Å². The standard InChI is InChI=1S/C11H9F3O2/c12-11(13,14)10(15)16-8-4-7-9-5-2-1-3-6-9/h1-7H,8H2. The lowest BCUT2D eigenvalue weighted by Gasteiger charge is -2.04. The Labute approximate surface area is 90.3 Å². The molecule has 0 unspecified atom stereocenters. The van der Waals surface area contributed by atoms with E-state index in [2.05, 4.69) is 4.74 Å². The molecule has 0 saturated carbocycles. The molecule has 0 saturated heterocycles. The van der Waals surface area contributed by atoms with Gasteiger partial charge in [-0.25, -0.2) is 4.79 Å². The van der Waals surface area contributed by atoms with Crippen molar-refractivity contribution >= 4 is 12.0 Å². The Hall–Kier alpha value is -1.78. The van der Waals surface area contributed by atoms with Gasteiger partial charge in [-0.1, -0.05) is 36.4 Å². The number of ether oxygens (including phenoxy) is 1. The molecular formula is C11H9F3O2. The minimum atomic E-state index is -4.93. The van der Waals surface area contributed by atoms with Crippen LogP contribution in [0.4, 0.5) is 13.2 Å². The Morgan fingerprint density at radius 3 is 2.44 bits per heavy atom. The SMILES string of the molecule is O=C(OCC=Cc1ccccc1)C(F)(F)F. The number of alkyl halides is 3. The van der Waals surface area contributed by atoms with Crippen LogP contribution in [0.2, 0.25) is 0 Å². The van der Waals surface area contributed by atoms with Crippen LogP contribution in [-0.4, -0.2) is 18.8 Å². The summed E-state index contributed by atoms with van der Waals surface area (Å²) in [5, 5.41) is 0. The van der Waals surface area contributed by atoms with Gasteiger partial charge in [0.25, 0.3) is 0 Å². The molecule has 0 aliphatic heterocycles. The monoisotopic (exact) mass is 230 g/mol. The van der Waals surface area contributed by atoms with E-state index in [4.69, 9.17) is 0 Å². The maximum absolute atomic E-state index is 11.7. The summed E-state index contributed by atoms with van der Waals surface area (Å²) in [6, 6.07) is 8.97. The van der Waals surface area contributed by atoms with E-state index in [1.807, 2.05) is 6.07 Å². The fourth-order valence-corrected chi connectivity index (χ4v) is 0.954. The van der Waals surface area contributed by atoms with E-state index in [9.17, 15) is 18.0 Å². The van der Waals surface area contributed by atoms with E-state index in [0.29, 0.717) is 0 Å². The Balaban J connectivity index is 2.37. The van der Waals surface area contributed by atoms with Gasteiger partial charge in [-0.05, 0) is 11.6 Å². The number of esters is 1. The van der Waals surface area contributed by atoms with Crippen molar-refractivity contribution in [2.45, 2.75) is 6.18 Å². The molecule has 1 aromatic carbocycles. The van der Waals surface area contributed by atoms with E-state index in [-0.39, 0.29) is 0 Å². The first kappa shape index (κ1) is 12.3. The van der Waals surface area contributed by atoms with Gasteiger partial charge in [0.2, 0.25) is 0 Å². The van der Waals surface area contributed by atoms with Crippen LogP contribution in [0.25, 0.3) is 6.08 Å². The molecule has 0 aliphatic rings. The molecule has 0 atom stereocenters. The van der Waals surface area contributed by atoms with Crippen LogP contribution in [0, 0.1) is 0 Å². The Morgan fingerprint density at radius 1 is 1.25 bits per heavy atom. The molecule has 86 valence electrons. The van der Waals surface area contributed by atoms with E-state index < -0.39 is 18.8 Å². The summed E-state index contributed by atoms with van der Waals surface area (Å²) in [6.45, 7) is -0.396. The number of rotatable bonds is 3. The fraction of sp³-hybridized carbons (Fsp3) is 0.182. The van der Waals surface area contributed by atoms with Crippen LogP contribution in [0.3, 0.4) is 0 Å². The molecule has 1 rings (SSSR count). The third-order valence-corrected chi connectivity index (χ3v) is 1.65. The summed E-state index contributed by atoms with van der Waals surface area (Å²) >= 11 is 0. The minimum absolute atomic E-state index is 0.396. The summed E-state index contributed by atoms with van der Waals surface area (Å²) in [7, 11) is 0. The number of carbonyl (C=O) groups excluding carboxylic acids is 1. The van der Waals surface area contributed by atoms with Crippen LogP contribution in [-0.2, 0) is 9.53 Å². The number of benzene rings is 1. The lowest BCUT2D eigenvalue weighted by Crippen LogP contribution is -2.25. The van der Waals surface area contributed by atoms with E-state index in [1.54, 1.807) is 30.3 Å². The molecule has 0 spiro atoms. The summed E-state index contributed by atoms with van der Waals surface area (Å²) in [5.41, 5.74) is 0.825. The number of hydrogen-bond acceptors (Lipinski definition) is 2. The highest BCUT2D eigenvalue weighted by Crippen LogP contribution is 2.16. The van der Waals surface area contributed by atoms with Crippen LogP contribution < -0.4 is 0 Å². The predicted octanol–water partition coefficient (Wildman–Crippen LogP) is 2.81. The first-order valence-electron chi connectivity index (χ1n) is 4.45. The molecule has 0 radical (unpaired) electrons. The van der Waals surface area contributed by atoms with Gasteiger partial charge in [-0.3, -0.25) is 0 Å². The number of hydrogen-bond donors (Lipinski definition) is 0. The van der Waals surface area contributed by atoms with Crippen LogP contribution >= 0.6 is 0 Å². The molecule has 0 amide bonds. The molecule has 0 N–H and O–H groups in total. The van der Waals surface area contributed by atoms with Gasteiger partial charge in [-0.15, -0.1) is 0 Å². The van der Waals surface area contributed by atoms with Crippen molar-refractivity contribution in [1.82, 2.24) is 0 Å². The van der Waals surface area contributed by atoms with E-state index in [0.717, 1.165) is 5.56 Å². The summed E-state index contributed by atoms with van der Waals surface area (Å²) in [4.78, 5) is 10.3. The maximum Gasteiger partial charge on any atom is 0.490 e. The second-order valence-electron chi connectivity index (χ2n) is 2.91. The molecule has 0 heterocycles. The predicted molar refractivity (Wildman–Crippen MR) is 52.5 cm³/mol. The molecule has 1 aromatic rings. The van der Waals surface area contributed by atoms with Crippen molar-refractivity contribution in [3.63, 3.8) is 0 Å². The zero-order valence-corrected chi connectivity index (χ0v) is 8.20. The van der Waals surface area contributed by atoms with Gasteiger partial charge < -0.3 is 4.74 Å². The Morgan fingerprint density at radius 2 is 1.88 bits per heavy atom. The first-order valence-corrected chi connectivity index (χ1v) is 4.45. The average molecular weight is 230 g/mol. The molecule has 0 fully saturated rings. The highest BCUT2D eigenvalue weighted by Gasteiger charge is 2.40. The largest absolute Gasteiger partial charge is 0.490 e. The lowest BCUT2D eigenvalue weighted by atomic mass is 10.2. The zero-order chi connectivity index (χ0) is 12.0. The first-order chi connectivity index (χ1) is 7.50. The van der Waals surface area contributed by atoms with Crippen molar-refractivity contribution in [3.8, 4) is 0 Å². The van der Waals surface area contributed by atoms with Gasteiger partial charge >= 0.3 is 12.1 Å². The normalized spacial score (nSPS) is 11.7. The molecule has 0 bridgehead atoms.